The first-order chi connectivity index (χ1) is 13.2. The Bertz CT molecular complexity index is 983. The summed E-state index contributed by atoms with van der Waals surface area (Å²) >= 11 is 12.0. The Morgan fingerprint density at radius 2 is 1.86 bits per heavy atom. The van der Waals surface area contributed by atoms with Crippen LogP contribution in [-0.2, 0) is 14.8 Å². The van der Waals surface area contributed by atoms with Gasteiger partial charge in [0.05, 0.1) is 10.9 Å². The molecule has 1 fully saturated rings. The zero-order valence-electron chi connectivity index (χ0n) is 15.1. The molecular weight excluding hydrogens is 426 g/mol. The topological polar surface area (TPSA) is 57.7 Å². The van der Waals surface area contributed by atoms with Crippen LogP contribution in [0.15, 0.2) is 47.4 Å². The smallest absolute Gasteiger partial charge is 0.244 e. The van der Waals surface area contributed by atoms with Crippen molar-refractivity contribution in [3.8, 4) is 0 Å². The molecule has 150 valence electrons. The summed E-state index contributed by atoms with van der Waals surface area (Å²) < 4.78 is 40.4. The maximum Gasteiger partial charge on any atom is 0.244 e. The van der Waals surface area contributed by atoms with Crippen molar-refractivity contribution in [3.63, 3.8) is 0 Å². The largest absolute Gasteiger partial charge is 0.315 e. The molecule has 0 radical (unpaired) electrons. The van der Waals surface area contributed by atoms with Crippen molar-refractivity contribution in [2.24, 2.45) is 5.92 Å². The van der Waals surface area contributed by atoms with Crippen LogP contribution in [0.1, 0.15) is 12.8 Å². The zero-order chi connectivity index (χ0) is 20.5. The number of sulfonamides is 1. The molecule has 0 spiro atoms. The molecule has 5 nitrogen and oxygen atoms in total. The van der Waals surface area contributed by atoms with Gasteiger partial charge in [-0.2, -0.15) is 4.31 Å². The average Bonchev–Trinajstić information content (AvgIpc) is 2.69. The lowest BCUT2D eigenvalue weighted by Crippen LogP contribution is -2.46. The fourth-order valence-corrected chi connectivity index (χ4v) is 5.50. The number of halogens is 3. The van der Waals surface area contributed by atoms with Crippen molar-refractivity contribution in [2.75, 3.05) is 25.0 Å². The molecule has 3 rings (SSSR count). The Morgan fingerprint density at radius 3 is 2.54 bits per heavy atom. The number of piperidine rings is 1. The summed E-state index contributed by atoms with van der Waals surface area (Å²) in [6.07, 6.45) is 1.12. The van der Waals surface area contributed by atoms with Crippen LogP contribution in [0.5, 0.6) is 0 Å². The van der Waals surface area contributed by atoms with Crippen LogP contribution in [0.3, 0.4) is 0 Å². The van der Waals surface area contributed by atoms with Gasteiger partial charge < -0.3 is 4.90 Å². The van der Waals surface area contributed by atoms with E-state index >= 15 is 0 Å². The van der Waals surface area contributed by atoms with Gasteiger partial charge in [-0.05, 0) is 55.3 Å². The van der Waals surface area contributed by atoms with Gasteiger partial charge in [0.15, 0.2) is 0 Å². The van der Waals surface area contributed by atoms with Gasteiger partial charge in [0.25, 0.3) is 0 Å². The average molecular weight is 445 g/mol. The number of carbonyl (C=O) groups is 1. The van der Waals surface area contributed by atoms with Crippen molar-refractivity contribution in [2.45, 2.75) is 17.7 Å². The van der Waals surface area contributed by atoms with E-state index in [2.05, 4.69) is 0 Å². The number of rotatable bonds is 4. The Hall–Kier alpha value is -1.67. The third-order valence-electron chi connectivity index (χ3n) is 4.79. The molecule has 1 aliphatic rings. The van der Waals surface area contributed by atoms with Crippen molar-refractivity contribution in [3.05, 3.63) is 58.3 Å². The van der Waals surface area contributed by atoms with Gasteiger partial charge in [0.2, 0.25) is 15.9 Å². The zero-order valence-corrected chi connectivity index (χ0v) is 17.4. The van der Waals surface area contributed by atoms with Crippen molar-refractivity contribution in [1.82, 2.24) is 4.31 Å². The Balaban J connectivity index is 1.80. The fraction of sp³-hybridized carbons (Fsp3) is 0.316. The molecule has 1 saturated heterocycles. The maximum absolute atomic E-state index is 13.1. The van der Waals surface area contributed by atoms with E-state index in [0.29, 0.717) is 25.1 Å². The molecule has 0 aliphatic carbocycles. The van der Waals surface area contributed by atoms with Gasteiger partial charge in [-0.3, -0.25) is 4.79 Å². The normalized spacial score (nSPS) is 18.1. The second-order valence-electron chi connectivity index (χ2n) is 6.65. The third kappa shape index (κ3) is 4.33. The molecular formula is C19H19Cl2FN2O3S. The first-order valence-corrected chi connectivity index (χ1v) is 10.9. The minimum Gasteiger partial charge on any atom is -0.315 e. The van der Waals surface area contributed by atoms with E-state index in [4.69, 9.17) is 23.2 Å². The molecule has 9 heteroatoms. The van der Waals surface area contributed by atoms with Crippen LogP contribution in [0.2, 0.25) is 10.0 Å². The molecule has 1 aliphatic heterocycles. The monoisotopic (exact) mass is 444 g/mol. The van der Waals surface area contributed by atoms with E-state index in [9.17, 15) is 17.6 Å². The number of carbonyl (C=O) groups excluding carboxylic acids is 1. The molecule has 2 aromatic rings. The number of nitrogens with zero attached hydrogens (tertiary/aromatic N) is 2. The summed E-state index contributed by atoms with van der Waals surface area (Å²) in [6, 6.07) is 9.84. The quantitative estimate of drug-likeness (QED) is 0.709. The predicted octanol–water partition coefficient (Wildman–Crippen LogP) is 4.20. The summed E-state index contributed by atoms with van der Waals surface area (Å²) in [7, 11) is -2.29. The second kappa shape index (κ2) is 8.37. The molecule has 0 bridgehead atoms. The van der Waals surface area contributed by atoms with Crippen LogP contribution in [0, 0.1) is 11.7 Å². The van der Waals surface area contributed by atoms with Crippen molar-refractivity contribution < 1.29 is 17.6 Å². The van der Waals surface area contributed by atoms with Gasteiger partial charge in [-0.25, -0.2) is 12.8 Å². The molecule has 0 unspecified atom stereocenters. The van der Waals surface area contributed by atoms with Crippen LogP contribution >= 0.6 is 23.2 Å². The summed E-state index contributed by atoms with van der Waals surface area (Å²) in [5, 5.41) is 0.352. The number of anilines is 1. The van der Waals surface area contributed by atoms with Crippen LogP contribution in [0.4, 0.5) is 10.1 Å². The molecule has 1 amide bonds. The van der Waals surface area contributed by atoms with Crippen LogP contribution < -0.4 is 4.90 Å². The van der Waals surface area contributed by atoms with Crippen molar-refractivity contribution in [1.29, 1.82) is 0 Å². The van der Waals surface area contributed by atoms with E-state index in [1.165, 1.54) is 51.7 Å². The fourth-order valence-electron chi connectivity index (χ4n) is 3.24. The van der Waals surface area contributed by atoms with Crippen LogP contribution in [-0.4, -0.2) is 38.8 Å². The maximum atomic E-state index is 13.1. The number of hydrogen-bond acceptors (Lipinski definition) is 3. The Kier molecular flexibility index (Phi) is 6.29. The number of hydrogen-bond donors (Lipinski definition) is 0. The van der Waals surface area contributed by atoms with E-state index in [1.54, 1.807) is 7.05 Å². The Labute approximate surface area is 173 Å². The van der Waals surface area contributed by atoms with Gasteiger partial charge >= 0.3 is 0 Å². The highest BCUT2D eigenvalue weighted by Gasteiger charge is 2.35. The summed E-state index contributed by atoms with van der Waals surface area (Å²) in [6.45, 7) is 0.352. The first kappa shape index (κ1) is 21.0. The lowest BCUT2D eigenvalue weighted by atomic mass is 9.98. The number of amides is 1. The van der Waals surface area contributed by atoms with Crippen LogP contribution in [0.25, 0.3) is 0 Å². The van der Waals surface area contributed by atoms with E-state index < -0.39 is 21.8 Å². The minimum absolute atomic E-state index is 0.0511. The molecule has 1 atom stereocenters. The Morgan fingerprint density at radius 1 is 1.18 bits per heavy atom. The standard InChI is InChI=1S/C19H19Cl2FN2O3S/c1-23(16-7-5-15(22)6-8-16)19(25)13-3-2-10-24(12-13)28(26,27)18-11-14(20)4-9-17(18)21/h4-9,11,13H,2-3,10,12H2,1H3/t13-/m1/s1. The summed E-state index contributed by atoms with van der Waals surface area (Å²) in [5.74, 6) is -1.11. The molecule has 0 N–H and O–H groups in total. The summed E-state index contributed by atoms with van der Waals surface area (Å²) in [5.41, 5.74) is 0.546. The molecule has 28 heavy (non-hydrogen) atoms. The lowest BCUT2D eigenvalue weighted by Gasteiger charge is -2.33. The van der Waals surface area contributed by atoms with E-state index in [-0.39, 0.29) is 27.4 Å². The lowest BCUT2D eigenvalue weighted by molar-refractivity contribution is -0.123. The molecule has 1 heterocycles. The highest BCUT2D eigenvalue weighted by Crippen LogP contribution is 2.31. The minimum atomic E-state index is -3.88. The van der Waals surface area contributed by atoms with Gasteiger partial charge in [-0.15, -0.1) is 0 Å². The van der Waals surface area contributed by atoms with Crippen molar-refractivity contribution >= 4 is 44.8 Å². The van der Waals surface area contributed by atoms with E-state index in [1.807, 2.05) is 0 Å². The highest BCUT2D eigenvalue weighted by atomic mass is 35.5. The first-order valence-electron chi connectivity index (χ1n) is 8.68. The third-order valence-corrected chi connectivity index (χ3v) is 7.37. The SMILES string of the molecule is CN(C(=O)[C@@H]1CCCN(S(=O)(=O)c2cc(Cl)ccc2Cl)C1)c1ccc(F)cc1. The predicted molar refractivity (Wildman–Crippen MR) is 108 cm³/mol. The van der Waals surface area contributed by atoms with Gasteiger partial charge in [0.1, 0.15) is 10.7 Å². The highest BCUT2D eigenvalue weighted by molar-refractivity contribution is 7.89. The second-order valence-corrected chi connectivity index (χ2v) is 9.40. The summed E-state index contributed by atoms with van der Waals surface area (Å²) in [4.78, 5) is 14.2. The van der Waals surface area contributed by atoms with Gasteiger partial charge in [-0.1, -0.05) is 23.2 Å². The number of benzene rings is 2. The molecule has 2 aromatic carbocycles. The molecule has 0 aromatic heterocycles. The van der Waals surface area contributed by atoms with E-state index in [0.717, 1.165) is 0 Å². The van der Waals surface area contributed by atoms with Gasteiger partial charge in [0, 0.05) is 30.8 Å². The molecule has 0 saturated carbocycles.